The summed E-state index contributed by atoms with van der Waals surface area (Å²) in [7, 11) is 3.89. The molecule has 0 aliphatic rings. The molecule has 0 radical (unpaired) electrons. The highest BCUT2D eigenvalue weighted by Gasteiger charge is 2.13. The summed E-state index contributed by atoms with van der Waals surface area (Å²) < 4.78 is 5.43. The molecular weight excluding hydrogens is 260 g/mol. The molecule has 0 heterocycles. The van der Waals surface area contributed by atoms with Gasteiger partial charge in [-0.05, 0) is 50.6 Å². The van der Waals surface area contributed by atoms with Crippen LogP contribution in [0, 0.1) is 0 Å². The lowest BCUT2D eigenvalue weighted by atomic mass is 10.0. The van der Waals surface area contributed by atoms with Gasteiger partial charge < -0.3 is 10.1 Å². The van der Waals surface area contributed by atoms with Gasteiger partial charge in [-0.3, -0.25) is 4.90 Å². The summed E-state index contributed by atoms with van der Waals surface area (Å²) in [6.07, 6.45) is 2.14. The minimum absolute atomic E-state index is 0.448. The smallest absolute Gasteiger partial charge is 0.122 e. The molecule has 0 aliphatic carbocycles. The fourth-order valence-corrected chi connectivity index (χ4v) is 2.35. The Morgan fingerprint density at radius 2 is 2.10 bits per heavy atom. The molecule has 0 fully saturated rings. The topological polar surface area (TPSA) is 24.5 Å². The van der Waals surface area contributed by atoms with E-state index in [1.807, 2.05) is 12.1 Å². The second kappa shape index (κ2) is 9.59. The third-order valence-electron chi connectivity index (χ3n) is 3.74. The van der Waals surface area contributed by atoms with Crippen molar-refractivity contribution in [2.45, 2.75) is 32.7 Å². The van der Waals surface area contributed by atoms with Crippen molar-refractivity contribution in [1.82, 2.24) is 10.2 Å². The third-order valence-corrected chi connectivity index (χ3v) is 3.74. The standard InChI is InChI=1S/C18H30N2O/c1-6-11-19-13-15(2)14-20(4)16(3)12-17-9-7-8-10-18(17)21-5/h7-10,16,19H,2,6,11-14H2,1,3-5H3. The maximum Gasteiger partial charge on any atom is 0.122 e. The molecule has 0 bridgehead atoms. The maximum absolute atomic E-state index is 5.43. The molecule has 0 saturated carbocycles. The molecule has 1 unspecified atom stereocenters. The predicted molar refractivity (Wildman–Crippen MR) is 91.1 cm³/mol. The molecule has 1 aromatic rings. The molecule has 3 heteroatoms. The minimum atomic E-state index is 0.448. The molecular formula is C18H30N2O. The lowest BCUT2D eigenvalue weighted by molar-refractivity contribution is 0.273. The average molecular weight is 290 g/mol. The van der Waals surface area contributed by atoms with Crippen molar-refractivity contribution in [1.29, 1.82) is 0 Å². The second-order valence-corrected chi connectivity index (χ2v) is 5.71. The van der Waals surface area contributed by atoms with Crippen LogP contribution < -0.4 is 10.1 Å². The maximum atomic E-state index is 5.43. The molecule has 0 aromatic heterocycles. The number of para-hydroxylation sites is 1. The van der Waals surface area contributed by atoms with Crippen LogP contribution in [-0.4, -0.2) is 44.7 Å². The van der Waals surface area contributed by atoms with E-state index in [1.54, 1.807) is 7.11 Å². The fourth-order valence-electron chi connectivity index (χ4n) is 2.35. The summed E-state index contributed by atoms with van der Waals surface area (Å²) in [5.41, 5.74) is 2.49. The van der Waals surface area contributed by atoms with Crippen molar-refractivity contribution >= 4 is 0 Å². The predicted octanol–water partition coefficient (Wildman–Crippen LogP) is 3.11. The van der Waals surface area contributed by atoms with E-state index in [1.165, 1.54) is 11.1 Å². The van der Waals surface area contributed by atoms with Crippen LogP contribution >= 0.6 is 0 Å². The molecule has 1 atom stereocenters. The number of rotatable bonds is 10. The van der Waals surface area contributed by atoms with E-state index in [0.29, 0.717) is 6.04 Å². The first-order valence-corrected chi connectivity index (χ1v) is 7.78. The van der Waals surface area contributed by atoms with Gasteiger partial charge in [-0.2, -0.15) is 0 Å². The molecule has 0 saturated heterocycles. The number of nitrogens with one attached hydrogen (secondary N) is 1. The molecule has 21 heavy (non-hydrogen) atoms. The van der Waals surface area contributed by atoms with Crippen LogP contribution in [-0.2, 0) is 6.42 Å². The molecule has 0 amide bonds. The average Bonchev–Trinajstić information content (AvgIpc) is 2.48. The molecule has 0 spiro atoms. The van der Waals surface area contributed by atoms with Gasteiger partial charge in [-0.15, -0.1) is 0 Å². The Morgan fingerprint density at radius 3 is 2.76 bits per heavy atom. The van der Waals surface area contributed by atoms with Crippen molar-refractivity contribution in [2.75, 3.05) is 33.8 Å². The van der Waals surface area contributed by atoms with Crippen LogP contribution in [0.1, 0.15) is 25.8 Å². The lowest BCUT2D eigenvalue weighted by Gasteiger charge is -2.26. The highest BCUT2D eigenvalue weighted by atomic mass is 16.5. The zero-order valence-electron chi connectivity index (χ0n) is 14.0. The Kier molecular flexibility index (Phi) is 8.09. The number of nitrogens with zero attached hydrogens (tertiary/aromatic N) is 1. The number of methoxy groups -OCH3 is 1. The zero-order valence-corrected chi connectivity index (χ0v) is 14.0. The number of hydrogen-bond acceptors (Lipinski definition) is 3. The first kappa shape index (κ1) is 17.7. The van der Waals surface area contributed by atoms with Gasteiger partial charge >= 0.3 is 0 Å². The summed E-state index contributed by atoms with van der Waals surface area (Å²) in [5.74, 6) is 0.973. The number of likely N-dealkylation sites (N-methyl/N-ethyl adjacent to an activating group) is 1. The van der Waals surface area contributed by atoms with Crippen LogP contribution in [0.15, 0.2) is 36.4 Å². The van der Waals surface area contributed by atoms with Gasteiger partial charge in [0, 0.05) is 19.1 Å². The van der Waals surface area contributed by atoms with Crippen LogP contribution in [0.5, 0.6) is 5.75 Å². The number of ether oxygens (including phenoxy) is 1. The summed E-state index contributed by atoms with van der Waals surface area (Å²) in [5, 5.41) is 3.40. The molecule has 3 nitrogen and oxygen atoms in total. The summed E-state index contributed by atoms with van der Waals surface area (Å²) in [4.78, 5) is 2.35. The van der Waals surface area contributed by atoms with Crippen LogP contribution in [0.4, 0.5) is 0 Å². The van der Waals surface area contributed by atoms with E-state index in [0.717, 1.165) is 38.2 Å². The SMILES string of the molecule is C=C(CNCCC)CN(C)C(C)Cc1ccccc1OC. The van der Waals surface area contributed by atoms with Gasteiger partial charge in [-0.1, -0.05) is 31.7 Å². The van der Waals surface area contributed by atoms with E-state index in [4.69, 9.17) is 4.74 Å². The minimum Gasteiger partial charge on any atom is -0.496 e. The van der Waals surface area contributed by atoms with Crippen molar-refractivity contribution in [3.05, 3.63) is 42.0 Å². The molecule has 0 aliphatic heterocycles. The highest BCUT2D eigenvalue weighted by Crippen LogP contribution is 2.20. The first-order valence-electron chi connectivity index (χ1n) is 7.78. The number of benzene rings is 1. The van der Waals surface area contributed by atoms with Crippen molar-refractivity contribution in [3.63, 3.8) is 0 Å². The monoisotopic (exact) mass is 290 g/mol. The van der Waals surface area contributed by atoms with Gasteiger partial charge in [0.2, 0.25) is 0 Å². The molecule has 1 rings (SSSR count). The van der Waals surface area contributed by atoms with Gasteiger partial charge in [0.25, 0.3) is 0 Å². The largest absolute Gasteiger partial charge is 0.496 e. The zero-order chi connectivity index (χ0) is 15.7. The van der Waals surface area contributed by atoms with E-state index >= 15 is 0 Å². The van der Waals surface area contributed by atoms with E-state index in [9.17, 15) is 0 Å². The van der Waals surface area contributed by atoms with E-state index in [2.05, 4.69) is 49.8 Å². The van der Waals surface area contributed by atoms with E-state index < -0.39 is 0 Å². The summed E-state index contributed by atoms with van der Waals surface area (Å²) >= 11 is 0. The van der Waals surface area contributed by atoms with Gasteiger partial charge in [0.1, 0.15) is 5.75 Å². The quantitative estimate of drug-likeness (QED) is 0.529. The van der Waals surface area contributed by atoms with Gasteiger partial charge in [0.15, 0.2) is 0 Å². The van der Waals surface area contributed by atoms with Crippen molar-refractivity contribution in [3.8, 4) is 5.75 Å². The Morgan fingerprint density at radius 1 is 1.38 bits per heavy atom. The Labute approximate surface area is 130 Å². The Balaban J connectivity index is 2.47. The van der Waals surface area contributed by atoms with E-state index in [-0.39, 0.29) is 0 Å². The first-order chi connectivity index (χ1) is 10.1. The van der Waals surface area contributed by atoms with Crippen LogP contribution in [0.2, 0.25) is 0 Å². The van der Waals surface area contributed by atoms with Crippen LogP contribution in [0.25, 0.3) is 0 Å². The van der Waals surface area contributed by atoms with Gasteiger partial charge in [0.05, 0.1) is 7.11 Å². The van der Waals surface area contributed by atoms with Crippen LogP contribution in [0.3, 0.4) is 0 Å². The Bertz CT molecular complexity index is 431. The summed E-state index contributed by atoms with van der Waals surface area (Å²) in [6.45, 7) is 11.5. The van der Waals surface area contributed by atoms with Crippen molar-refractivity contribution in [2.24, 2.45) is 0 Å². The molecule has 118 valence electrons. The molecule has 1 N–H and O–H groups in total. The molecule has 1 aromatic carbocycles. The van der Waals surface area contributed by atoms with Crippen molar-refractivity contribution < 1.29 is 4.74 Å². The fraction of sp³-hybridized carbons (Fsp3) is 0.556. The normalized spacial score (nSPS) is 12.4. The lowest BCUT2D eigenvalue weighted by Crippen LogP contribution is -2.34. The summed E-state index contributed by atoms with van der Waals surface area (Å²) in [6, 6.07) is 8.69. The highest BCUT2D eigenvalue weighted by molar-refractivity contribution is 5.33. The van der Waals surface area contributed by atoms with Gasteiger partial charge in [-0.25, -0.2) is 0 Å². The third kappa shape index (κ3) is 6.32. The second-order valence-electron chi connectivity index (χ2n) is 5.71. The Hall–Kier alpha value is -1.32. The number of hydrogen-bond donors (Lipinski definition) is 1.